The molecule has 6 nitrogen and oxygen atoms in total. The minimum Gasteiger partial charge on any atom is -0.308 e. The van der Waals surface area contributed by atoms with Crippen molar-refractivity contribution >= 4 is 49.4 Å². The minimum atomic E-state index is -0.312. The van der Waals surface area contributed by atoms with Gasteiger partial charge in [0.1, 0.15) is 4.53 Å². The van der Waals surface area contributed by atoms with Crippen LogP contribution >= 0.6 is 27.3 Å². The summed E-state index contributed by atoms with van der Waals surface area (Å²) in [6.07, 6.45) is 0.825. The van der Waals surface area contributed by atoms with Crippen molar-refractivity contribution in [2.45, 2.75) is 39.5 Å². The standard InChI is InChI=1S/C25H23BrN4O2S/c1-5-12-29-18-11-10-16(26)13-17(18)19(22(29)31)20-23(32)30-24(33-20)27-21(28-30)14-6-8-15(9-7-14)25(2,3)4/h6-11,13H,5,12H2,1-4H3/b20-19-. The van der Waals surface area contributed by atoms with Gasteiger partial charge in [-0.15, -0.1) is 5.10 Å². The molecule has 0 bridgehead atoms. The van der Waals surface area contributed by atoms with E-state index in [9.17, 15) is 9.59 Å². The molecule has 0 saturated carbocycles. The highest BCUT2D eigenvalue weighted by Gasteiger charge is 2.34. The third kappa shape index (κ3) is 3.61. The van der Waals surface area contributed by atoms with E-state index in [4.69, 9.17) is 0 Å². The van der Waals surface area contributed by atoms with E-state index in [1.54, 1.807) is 4.90 Å². The summed E-state index contributed by atoms with van der Waals surface area (Å²) < 4.78 is 2.55. The van der Waals surface area contributed by atoms with E-state index in [0.29, 0.717) is 27.4 Å². The molecule has 1 amide bonds. The molecule has 5 rings (SSSR count). The van der Waals surface area contributed by atoms with Gasteiger partial charge >= 0.3 is 0 Å². The van der Waals surface area contributed by atoms with E-state index in [-0.39, 0.29) is 16.9 Å². The fraction of sp³-hybridized carbons (Fsp3) is 0.280. The van der Waals surface area contributed by atoms with E-state index in [2.05, 4.69) is 58.9 Å². The smallest absolute Gasteiger partial charge is 0.291 e. The zero-order valence-electron chi connectivity index (χ0n) is 18.8. The van der Waals surface area contributed by atoms with Crippen molar-refractivity contribution in [3.8, 4) is 11.4 Å². The van der Waals surface area contributed by atoms with Crippen molar-refractivity contribution in [1.82, 2.24) is 14.6 Å². The third-order valence-electron chi connectivity index (χ3n) is 5.82. The lowest BCUT2D eigenvalue weighted by molar-refractivity contribution is -0.113. The molecule has 168 valence electrons. The first kappa shape index (κ1) is 22.0. The number of carbonyl (C=O) groups is 1. The van der Waals surface area contributed by atoms with Crippen LogP contribution in [-0.4, -0.2) is 27.0 Å². The summed E-state index contributed by atoms with van der Waals surface area (Å²) in [7, 11) is 0. The third-order valence-corrected chi connectivity index (χ3v) is 7.34. The second-order valence-electron chi connectivity index (χ2n) is 9.19. The van der Waals surface area contributed by atoms with Crippen LogP contribution in [-0.2, 0) is 10.2 Å². The lowest BCUT2D eigenvalue weighted by Gasteiger charge is -2.18. The van der Waals surface area contributed by atoms with Crippen LogP contribution in [0.15, 0.2) is 51.7 Å². The van der Waals surface area contributed by atoms with Crippen LogP contribution in [0.4, 0.5) is 5.69 Å². The van der Waals surface area contributed by atoms with E-state index in [1.807, 2.05) is 37.3 Å². The fourth-order valence-electron chi connectivity index (χ4n) is 4.10. The molecular weight excluding hydrogens is 500 g/mol. The van der Waals surface area contributed by atoms with E-state index >= 15 is 0 Å². The molecule has 0 atom stereocenters. The highest BCUT2D eigenvalue weighted by Crippen LogP contribution is 2.37. The topological polar surface area (TPSA) is 67.6 Å². The molecule has 0 unspecified atom stereocenters. The fourth-order valence-corrected chi connectivity index (χ4v) is 5.45. The first-order chi connectivity index (χ1) is 15.7. The Hall–Kier alpha value is -2.84. The normalized spacial score (nSPS) is 15.5. The van der Waals surface area contributed by atoms with Gasteiger partial charge in [-0.2, -0.15) is 9.50 Å². The quantitative estimate of drug-likeness (QED) is 0.395. The van der Waals surface area contributed by atoms with Crippen molar-refractivity contribution in [3.63, 3.8) is 0 Å². The van der Waals surface area contributed by atoms with Gasteiger partial charge in [0.2, 0.25) is 4.96 Å². The number of hydrogen-bond acceptors (Lipinski definition) is 5. The van der Waals surface area contributed by atoms with Crippen LogP contribution in [0.1, 0.15) is 45.2 Å². The maximum atomic E-state index is 13.3. The molecule has 4 aromatic rings. The van der Waals surface area contributed by atoms with Gasteiger partial charge in [-0.25, -0.2) is 0 Å². The van der Waals surface area contributed by atoms with Gasteiger partial charge in [0.05, 0.1) is 11.3 Å². The van der Waals surface area contributed by atoms with E-state index < -0.39 is 0 Å². The van der Waals surface area contributed by atoms with Crippen molar-refractivity contribution in [2.75, 3.05) is 11.4 Å². The molecule has 2 aromatic heterocycles. The SMILES string of the molecule is CCCN1C(=O)/C(=c2\sc3nc(-c4ccc(C(C)(C)C)cc4)nn3c2=O)c2cc(Br)ccc21. The number of carbonyl (C=O) groups excluding carboxylic acids is 1. The number of amides is 1. The summed E-state index contributed by atoms with van der Waals surface area (Å²) in [4.78, 5) is 33.5. The van der Waals surface area contributed by atoms with Gasteiger partial charge in [0.25, 0.3) is 11.5 Å². The molecule has 1 aliphatic heterocycles. The second-order valence-corrected chi connectivity index (χ2v) is 11.1. The Labute approximate surface area is 203 Å². The van der Waals surface area contributed by atoms with Crippen molar-refractivity contribution in [2.24, 2.45) is 0 Å². The average molecular weight is 523 g/mol. The van der Waals surface area contributed by atoms with Crippen LogP contribution in [0.25, 0.3) is 21.9 Å². The molecule has 0 saturated heterocycles. The Morgan fingerprint density at radius 2 is 1.79 bits per heavy atom. The Bertz CT molecular complexity index is 1510. The highest BCUT2D eigenvalue weighted by atomic mass is 79.9. The number of thiazole rings is 1. The predicted octanol–water partition coefficient (Wildman–Crippen LogP) is 4.55. The summed E-state index contributed by atoms with van der Waals surface area (Å²) in [6, 6.07) is 13.8. The summed E-state index contributed by atoms with van der Waals surface area (Å²) >= 11 is 4.71. The summed E-state index contributed by atoms with van der Waals surface area (Å²) in [5, 5.41) is 4.48. The molecule has 0 spiro atoms. The number of halogens is 1. The van der Waals surface area contributed by atoms with Gasteiger partial charge in [0.15, 0.2) is 5.82 Å². The number of nitrogens with zero attached hydrogens (tertiary/aromatic N) is 4. The van der Waals surface area contributed by atoms with Crippen LogP contribution in [0.5, 0.6) is 0 Å². The molecule has 3 heterocycles. The summed E-state index contributed by atoms with van der Waals surface area (Å²) in [5.41, 5.74) is 3.84. The van der Waals surface area contributed by atoms with Gasteiger partial charge in [-0.05, 0) is 35.6 Å². The van der Waals surface area contributed by atoms with E-state index in [1.165, 1.54) is 21.4 Å². The Morgan fingerprint density at radius 1 is 1.06 bits per heavy atom. The Kier molecular flexibility index (Phi) is 5.25. The largest absolute Gasteiger partial charge is 0.308 e. The molecule has 33 heavy (non-hydrogen) atoms. The monoisotopic (exact) mass is 522 g/mol. The van der Waals surface area contributed by atoms with Gasteiger partial charge < -0.3 is 4.90 Å². The van der Waals surface area contributed by atoms with Crippen molar-refractivity contribution < 1.29 is 4.79 Å². The predicted molar refractivity (Wildman–Crippen MR) is 136 cm³/mol. The molecule has 2 aromatic carbocycles. The van der Waals surface area contributed by atoms with Crippen molar-refractivity contribution in [3.05, 3.63) is 73.0 Å². The maximum Gasteiger partial charge on any atom is 0.291 e. The number of anilines is 1. The zero-order chi connectivity index (χ0) is 23.5. The molecule has 0 N–H and O–H groups in total. The maximum absolute atomic E-state index is 13.3. The van der Waals surface area contributed by atoms with Gasteiger partial charge in [0, 0.05) is 22.1 Å². The number of rotatable bonds is 3. The first-order valence-electron chi connectivity index (χ1n) is 10.9. The molecular formula is C25H23BrN4O2S. The molecule has 1 aliphatic rings. The van der Waals surface area contributed by atoms with Crippen LogP contribution < -0.4 is 15.0 Å². The molecule has 0 radical (unpaired) electrons. The van der Waals surface area contributed by atoms with Crippen LogP contribution in [0.3, 0.4) is 0 Å². The molecule has 0 aliphatic carbocycles. The van der Waals surface area contributed by atoms with Gasteiger partial charge in [-0.1, -0.05) is 79.2 Å². The summed E-state index contributed by atoms with van der Waals surface area (Å²) in [6.45, 7) is 9.12. The second kappa shape index (κ2) is 7.88. The number of benzene rings is 2. The number of hydrogen-bond donors (Lipinski definition) is 0. The Morgan fingerprint density at radius 3 is 2.42 bits per heavy atom. The number of fused-ring (bicyclic) bond motifs is 2. The average Bonchev–Trinajstić information content (AvgIpc) is 3.39. The molecule has 0 fully saturated rings. The van der Waals surface area contributed by atoms with Crippen molar-refractivity contribution in [1.29, 1.82) is 0 Å². The first-order valence-corrected chi connectivity index (χ1v) is 12.5. The lowest BCUT2D eigenvalue weighted by Crippen LogP contribution is -2.32. The minimum absolute atomic E-state index is 0.0551. The zero-order valence-corrected chi connectivity index (χ0v) is 21.2. The highest BCUT2D eigenvalue weighted by molar-refractivity contribution is 9.10. The number of aromatic nitrogens is 3. The lowest BCUT2D eigenvalue weighted by atomic mass is 9.87. The molecule has 8 heteroatoms. The Balaban J connectivity index is 1.65. The van der Waals surface area contributed by atoms with Gasteiger partial charge in [-0.3, -0.25) is 9.59 Å². The van der Waals surface area contributed by atoms with Crippen LogP contribution in [0.2, 0.25) is 0 Å². The summed E-state index contributed by atoms with van der Waals surface area (Å²) in [5.74, 6) is 0.355. The van der Waals surface area contributed by atoms with Crippen LogP contribution in [0, 0.1) is 0 Å². The van der Waals surface area contributed by atoms with E-state index in [0.717, 1.165) is 27.7 Å².